The molecule has 0 saturated carbocycles. The molecule has 0 fully saturated rings. The Bertz CT molecular complexity index is 1630. The van der Waals surface area contributed by atoms with E-state index in [-0.39, 0.29) is 18.9 Å². The minimum absolute atomic E-state index is 0.0581. The van der Waals surface area contributed by atoms with Gasteiger partial charge in [-0.3, -0.25) is 24.0 Å². The van der Waals surface area contributed by atoms with Gasteiger partial charge < -0.3 is 33.3 Å². The van der Waals surface area contributed by atoms with Crippen molar-refractivity contribution in [2.45, 2.75) is 142 Å². The second kappa shape index (κ2) is 24.4. The first kappa shape index (κ1) is 55.5. The second-order valence-electron chi connectivity index (χ2n) is 18.7. The fourth-order valence-corrected chi connectivity index (χ4v) is 6.02. The van der Waals surface area contributed by atoms with Crippen LogP contribution in [0.15, 0.2) is 18.2 Å². The zero-order valence-corrected chi connectivity index (χ0v) is 40.2. The molecule has 61 heavy (non-hydrogen) atoms. The normalized spacial score (nSPS) is 12.7. The van der Waals surface area contributed by atoms with Gasteiger partial charge in [0.25, 0.3) is 0 Å². The first-order valence-electron chi connectivity index (χ1n) is 20.1. The van der Waals surface area contributed by atoms with Gasteiger partial charge in [0.05, 0.1) is 21.7 Å². The van der Waals surface area contributed by atoms with Crippen molar-refractivity contribution in [2.75, 3.05) is 27.2 Å². The van der Waals surface area contributed by atoms with Gasteiger partial charge in [-0.25, -0.2) is 27.2 Å². The second-order valence-corrected chi connectivity index (χ2v) is 21.9. The maximum atomic E-state index is 14.2. The monoisotopic (exact) mass is 909 g/mol. The molecule has 0 heterocycles. The predicted octanol–water partition coefficient (Wildman–Crippen LogP) is 9.53. The molecule has 0 aliphatic rings. The first-order valence-corrected chi connectivity index (χ1v) is 23.0. The lowest BCUT2D eigenvalue weighted by atomic mass is 9.98. The van der Waals surface area contributed by atoms with Crippen molar-refractivity contribution in [3.8, 4) is 11.5 Å². The molecule has 350 valence electrons. The van der Waals surface area contributed by atoms with Crippen molar-refractivity contribution >= 4 is 45.4 Å². The summed E-state index contributed by atoms with van der Waals surface area (Å²) in [6.45, 7) is 19.4. The molecule has 0 unspecified atom stereocenters. The maximum absolute atomic E-state index is 14.2. The number of nitrogens with one attached hydrogen (secondary N) is 1. The minimum atomic E-state index is -4.98. The topological polar surface area (TPSA) is 224 Å². The van der Waals surface area contributed by atoms with E-state index in [1.54, 1.807) is 83.1 Å². The summed E-state index contributed by atoms with van der Waals surface area (Å²) in [6.07, 6.45) is 5.07. The van der Waals surface area contributed by atoms with Crippen LogP contribution < -0.4 is 14.4 Å². The lowest BCUT2D eigenvalue weighted by Crippen LogP contribution is -2.25. The standard InChI is InChI=1S/C41H69NO17P2/c1-29(2)19-17-15-16-18-20-33(43)42-24-30-21-22-31(58-60(48,54-25-50-34(44)38(3,4)5)55-26-51-35(45)39(6,7)8)32(23-30)59-61(49,56-27-52-36(46)40(9,10)11)57-28-53-37(47)41(12,13)14/h21-23,29H,15-20,24-28H2,1-14H3,(H,42,43). The molecule has 0 aromatic heterocycles. The number of carbonyl (C=O) groups excluding carboxylic acids is 5. The fraction of sp³-hybridized carbons (Fsp3) is 0.732. The van der Waals surface area contributed by atoms with Crippen molar-refractivity contribution < 1.29 is 79.2 Å². The Hall–Kier alpha value is -3.53. The molecule has 1 aromatic rings. The van der Waals surface area contributed by atoms with Gasteiger partial charge in [0.15, 0.2) is 11.5 Å². The van der Waals surface area contributed by atoms with Gasteiger partial charge in [-0.1, -0.05) is 45.6 Å². The molecule has 0 saturated heterocycles. The third-order valence-electron chi connectivity index (χ3n) is 7.91. The quantitative estimate of drug-likeness (QED) is 0.0317. The van der Waals surface area contributed by atoms with Gasteiger partial charge in [0, 0.05) is 13.0 Å². The van der Waals surface area contributed by atoms with Crippen LogP contribution in [0.25, 0.3) is 0 Å². The molecule has 18 nitrogen and oxygen atoms in total. The Kier molecular flexibility index (Phi) is 22.2. The SMILES string of the molecule is CC(C)CCCCCCC(=O)NCc1ccc(OP(=O)(OCOC(=O)C(C)(C)C)OCOC(=O)C(C)(C)C)c(OP(=O)(OCOC(=O)C(C)(C)C)OCOC(=O)C(C)(C)C)c1. The number of rotatable bonds is 25. The Morgan fingerprint density at radius 3 is 1.26 bits per heavy atom. The molecule has 1 rings (SSSR count). The number of hydrogen-bond donors (Lipinski definition) is 1. The Morgan fingerprint density at radius 2 is 0.902 bits per heavy atom. The summed E-state index contributed by atoms with van der Waals surface area (Å²) in [5.41, 5.74) is -3.54. The van der Waals surface area contributed by atoms with Crippen molar-refractivity contribution in [3.05, 3.63) is 23.8 Å². The third-order valence-corrected chi connectivity index (χ3v) is 10.4. The number of hydrogen-bond acceptors (Lipinski definition) is 17. The molecule has 20 heteroatoms. The number of ether oxygens (including phenoxy) is 4. The van der Waals surface area contributed by atoms with Crippen molar-refractivity contribution in [1.82, 2.24) is 5.32 Å². The van der Waals surface area contributed by atoms with Gasteiger partial charge >= 0.3 is 39.5 Å². The van der Waals surface area contributed by atoms with Gasteiger partial charge in [-0.05, 0) is 113 Å². The van der Waals surface area contributed by atoms with Crippen LogP contribution in [0.5, 0.6) is 11.5 Å². The summed E-state index contributed by atoms with van der Waals surface area (Å²) >= 11 is 0. The number of benzene rings is 1. The molecular weight excluding hydrogens is 840 g/mol. The number of phosphoric acid groups is 2. The van der Waals surface area contributed by atoms with Crippen molar-refractivity contribution in [2.24, 2.45) is 27.6 Å². The average Bonchev–Trinajstić information content (AvgIpc) is 3.11. The molecule has 1 amide bonds. The van der Waals surface area contributed by atoms with E-state index in [0.717, 1.165) is 25.7 Å². The lowest BCUT2D eigenvalue weighted by Gasteiger charge is -2.24. The van der Waals surface area contributed by atoms with Crippen LogP contribution in [0.1, 0.15) is 141 Å². The molecule has 0 aliphatic carbocycles. The average molecular weight is 910 g/mol. The molecule has 1 N–H and O–H groups in total. The van der Waals surface area contributed by atoms with E-state index < -0.39 is 99.9 Å². The third kappa shape index (κ3) is 22.9. The van der Waals surface area contributed by atoms with Gasteiger partial charge in [0.2, 0.25) is 33.1 Å². The molecule has 1 aromatic carbocycles. The fourth-order valence-electron chi connectivity index (χ4n) is 4.15. The van der Waals surface area contributed by atoms with Gasteiger partial charge in [0.1, 0.15) is 0 Å². The van der Waals surface area contributed by atoms with Crippen LogP contribution >= 0.6 is 15.6 Å². The van der Waals surface area contributed by atoms with E-state index in [1.807, 2.05) is 0 Å². The maximum Gasteiger partial charge on any atom is 0.536 e. The molecule has 0 bridgehead atoms. The van der Waals surface area contributed by atoms with E-state index >= 15 is 0 Å². The highest BCUT2D eigenvalue weighted by molar-refractivity contribution is 7.49. The number of unbranched alkanes of at least 4 members (excludes halogenated alkanes) is 3. The zero-order valence-electron chi connectivity index (χ0n) is 38.4. The largest absolute Gasteiger partial charge is 0.536 e. The molecule has 0 spiro atoms. The van der Waals surface area contributed by atoms with Crippen LogP contribution in [-0.2, 0) is 76.7 Å². The summed E-state index contributed by atoms with van der Waals surface area (Å²) in [5, 5.41) is 2.81. The van der Waals surface area contributed by atoms with Gasteiger partial charge in [-0.2, -0.15) is 0 Å². The summed E-state index contributed by atoms with van der Waals surface area (Å²) in [4.78, 5) is 62.6. The first-order chi connectivity index (χ1) is 27.9. The van der Waals surface area contributed by atoms with E-state index in [4.69, 9.17) is 46.1 Å². The Balaban J connectivity index is 3.61. The van der Waals surface area contributed by atoms with E-state index in [2.05, 4.69) is 19.2 Å². The van der Waals surface area contributed by atoms with Crippen molar-refractivity contribution in [3.63, 3.8) is 0 Å². The van der Waals surface area contributed by atoms with Crippen LogP contribution in [0, 0.1) is 27.6 Å². The lowest BCUT2D eigenvalue weighted by molar-refractivity contribution is -0.165. The molecule has 0 atom stereocenters. The highest BCUT2D eigenvalue weighted by Gasteiger charge is 2.37. The van der Waals surface area contributed by atoms with Crippen LogP contribution in [-0.4, -0.2) is 57.0 Å². The smallest absolute Gasteiger partial charge is 0.437 e. The Morgan fingerprint density at radius 1 is 0.541 bits per heavy atom. The highest BCUT2D eigenvalue weighted by atomic mass is 31.2. The van der Waals surface area contributed by atoms with Crippen molar-refractivity contribution in [1.29, 1.82) is 0 Å². The van der Waals surface area contributed by atoms with Crippen LogP contribution in [0.3, 0.4) is 0 Å². The zero-order chi connectivity index (χ0) is 46.9. The summed E-state index contributed by atoms with van der Waals surface area (Å²) < 4.78 is 81.5. The molecular formula is C41H69NO17P2. The molecule has 0 aliphatic heterocycles. The Labute approximate surface area is 361 Å². The van der Waals surface area contributed by atoms with E-state index in [9.17, 15) is 33.1 Å². The summed E-state index contributed by atoms with van der Waals surface area (Å²) in [7, 11) is -9.92. The number of esters is 4. The number of carbonyl (C=O) groups is 5. The number of amides is 1. The number of phosphoric ester groups is 2. The minimum Gasteiger partial charge on any atom is -0.437 e. The highest BCUT2D eigenvalue weighted by Crippen LogP contribution is 2.56. The summed E-state index contributed by atoms with van der Waals surface area (Å²) in [6, 6.07) is 3.89. The predicted molar refractivity (Wildman–Crippen MR) is 223 cm³/mol. The summed E-state index contributed by atoms with van der Waals surface area (Å²) in [5.74, 6) is -3.53. The van der Waals surface area contributed by atoms with Crippen LogP contribution in [0.2, 0.25) is 0 Å². The van der Waals surface area contributed by atoms with Gasteiger partial charge in [-0.15, -0.1) is 0 Å². The van der Waals surface area contributed by atoms with E-state index in [0.29, 0.717) is 17.9 Å². The molecule has 0 radical (unpaired) electrons. The van der Waals surface area contributed by atoms with E-state index in [1.165, 1.54) is 18.2 Å². The van der Waals surface area contributed by atoms with Crippen LogP contribution in [0.4, 0.5) is 0 Å².